The molecular formula is C16H27N5O. The van der Waals surface area contributed by atoms with Gasteiger partial charge in [0.25, 0.3) is 0 Å². The molecule has 0 saturated heterocycles. The number of nitrogens with zero attached hydrogens (tertiary/aromatic N) is 4. The Bertz CT molecular complexity index is 520. The van der Waals surface area contributed by atoms with E-state index >= 15 is 0 Å². The summed E-state index contributed by atoms with van der Waals surface area (Å²) in [6.07, 6.45) is 8.17. The van der Waals surface area contributed by atoms with Crippen LogP contribution in [-0.4, -0.2) is 54.0 Å². The third kappa shape index (κ3) is 5.18. The predicted octanol–water partition coefficient (Wildman–Crippen LogP) is 1.55. The van der Waals surface area contributed by atoms with Crippen molar-refractivity contribution in [1.82, 2.24) is 20.0 Å². The molecule has 1 aliphatic rings. The third-order valence-corrected chi connectivity index (χ3v) is 3.63. The molecule has 1 aliphatic heterocycles. The number of ether oxygens (including phenoxy) is 1. The Hall–Kier alpha value is -1.82. The lowest BCUT2D eigenvalue weighted by atomic mass is 10.1. The molecule has 0 amide bonds. The van der Waals surface area contributed by atoms with E-state index in [0.717, 1.165) is 51.6 Å². The first kappa shape index (κ1) is 16.5. The van der Waals surface area contributed by atoms with Crippen LogP contribution < -0.4 is 5.32 Å². The second kappa shape index (κ2) is 8.58. The van der Waals surface area contributed by atoms with Gasteiger partial charge in [-0.25, -0.2) is 0 Å². The summed E-state index contributed by atoms with van der Waals surface area (Å²) in [4.78, 5) is 6.87. The van der Waals surface area contributed by atoms with E-state index < -0.39 is 0 Å². The van der Waals surface area contributed by atoms with Gasteiger partial charge in [0.15, 0.2) is 5.96 Å². The molecule has 0 atom stereocenters. The fourth-order valence-electron chi connectivity index (χ4n) is 2.47. The van der Waals surface area contributed by atoms with Gasteiger partial charge in [-0.05, 0) is 19.8 Å². The maximum absolute atomic E-state index is 5.33. The topological polar surface area (TPSA) is 54.7 Å². The summed E-state index contributed by atoms with van der Waals surface area (Å²) in [7, 11) is 3.99. The molecule has 1 aromatic rings. The Morgan fingerprint density at radius 1 is 1.55 bits per heavy atom. The van der Waals surface area contributed by atoms with E-state index in [4.69, 9.17) is 9.73 Å². The van der Waals surface area contributed by atoms with Crippen LogP contribution in [-0.2, 0) is 18.3 Å². The van der Waals surface area contributed by atoms with Crippen molar-refractivity contribution in [3.63, 3.8) is 0 Å². The van der Waals surface area contributed by atoms with Gasteiger partial charge in [0.2, 0.25) is 0 Å². The van der Waals surface area contributed by atoms with Crippen LogP contribution in [0.1, 0.15) is 25.3 Å². The molecular weight excluding hydrogens is 278 g/mol. The summed E-state index contributed by atoms with van der Waals surface area (Å²) < 4.78 is 7.16. The highest BCUT2D eigenvalue weighted by atomic mass is 16.5. The molecule has 2 rings (SSSR count). The molecule has 1 N–H and O–H groups in total. The van der Waals surface area contributed by atoms with Crippen molar-refractivity contribution >= 4 is 5.96 Å². The summed E-state index contributed by atoms with van der Waals surface area (Å²) in [6, 6.07) is 0. The number of aliphatic imine (C=N–C) groups is 1. The predicted molar refractivity (Wildman–Crippen MR) is 88.8 cm³/mol. The van der Waals surface area contributed by atoms with E-state index in [1.807, 2.05) is 24.1 Å². The molecule has 0 saturated carbocycles. The molecule has 0 aliphatic carbocycles. The number of aryl methyl sites for hydroxylation is 1. The minimum atomic E-state index is 0.750. The van der Waals surface area contributed by atoms with E-state index in [1.165, 1.54) is 11.1 Å². The van der Waals surface area contributed by atoms with Crippen molar-refractivity contribution in [2.75, 3.05) is 33.4 Å². The van der Waals surface area contributed by atoms with E-state index in [0.29, 0.717) is 0 Å². The molecule has 1 aromatic heterocycles. The van der Waals surface area contributed by atoms with E-state index in [-0.39, 0.29) is 0 Å². The molecule has 0 radical (unpaired) electrons. The highest BCUT2D eigenvalue weighted by molar-refractivity contribution is 5.79. The third-order valence-electron chi connectivity index (χ3n) is 3.63. The highest BCUT2D eigenvalue weighted by Crippen LogP contribution is 2.11. The zero-order valence-electron chi connectivity index (χ0n) is 13.9. The Morgan fingerprint density at radius 2 is 2.41 bits per heavy atom. The molecule has 0 aromatic carbocycles. The number of guanidine groups is 1. The lowest BCUT2D eigenvalue weighted by Gasteiger charge is -2.21. The van der Waals surface area contributed by atoms with Gasteiger partial charge in [-0.3, -0.25) is 9.67 Å². The van der Waals surface area contributed by atoms with E-state index in [9.17, 15) is 0 Å². The summed E-state index contributed by atoms with van der Waals surface area (Å²) in [5.41, 5.74) is 2.64. The first-order valence-electron chi connectivity index (χ1n) is 7.91. The average molecular weight is 305 g/mol. The molecule has 2 heterocycles. The van der Waals surface area contributed by atoms with Gasteiger partial charge in [0, 0.05) is 45.5 Å². The van der Waals surface area contributed by atoms with Gasteiger partial charge in [-0.2, -0.15) is 5.10 Å². The molecule has 0 fully saturated rings. The van der Waals surface area contributed by atoms with Crippen molar-refractivity contribution in [3.05, 3.63) is 29.6 Å². The van der Waals surface area contributed by atoms with E-state index in [1.54, 1.807) is 0 Å². The normalized spacial score (nSPS) is 15.6. The average Bonchev–Trinajstić information content (AvgIpc) is 2.92. The first-order chi connectivity index (χ1) is 10.7. The van der Waals surface area contributed by atoms with Crippen molar-refractivity contribution in [3.8, 4) is 0 Å². The Kier molecular flexibility index (Phi) is 6.45. The zero-order valence-corrected chi connectivity index (χ0v) is 13.9. The largest absolute Gasteiger partial charge is 0.377 e. The lowest BCUT2D eigenvalue weighted by Crippen LogP contribution is -2.38. The van der Waals surface area contributed by atoms with Crippen LogP contribution >= 0.6 is 0 Å². The van der Waals surface area contributed by atoms with Gasteiger partial charge < -0.3 is 15.0 Å². The van der Waals surface area contributed by atoms with Gasteiger partial charge >= 0.3 is 0 Å². The number of hydrogen-bond donors (Lipinski definition) is 1. The lowest BCUT2D eigenvalue weighted by molar-refractivity contribution is 0.153. The minimum absolute atomic E-state index is 0.750. The van der Waals surface area contributed by atoms with Crippen molar-refractivity contribution in [2.24, 2.45) is 12.0 Å². The van der Waals surface area contributed by atoms with Crippen LogP contribution in [0.2, 0.25) is 0 Å². The van der Waals surface area contributed by atoms with Crippen LogP contribution in [0.4, 0.5) is 0 Å². The van der Waals surface area contributed by atoms with Crippen molar-refractivity contribution < 1.29 is 4.74 Å². The van der Waals surface area contributed by atoms with Crippen LogP contribution in [0.15, 0.2) is 29.0 Å². The van der Waals surface area contributed by atoms with Crippen LogP contribution in [0.25, 0.3) is 0 Å². The minimum Gasteiger partial charge on any atom is -0.377 e. The fraction of sp³-hybridized carbons (Fsp3) is 0.625. The zero-order chi connectivity index (χ0) is 15.8. The first-order valence-corrected chi connectivity index (χ1v) is 7.91. The number of nitrogens with one attached hydrogen (secondary N) is 1. The molecule has 22 heavy (non-hydrogen) atoms. The van der Waals surface area contributed by atoms with Gasteiger partial charge in [0.1, 0.15) is 0 Å². The van der Waals surface area contributed by atoms with Gasteiger partial charge in [-0.1, -0.05) is 11.6 Å². The monoisotopic (exact) mass is 305 g/mol. The summed E-state index contributed by atoms with van der Waals surface area (Å²) in [6.45, 7) is 6.17. The quantitative estimate of drug-likeness (QED) is 0.492. The Labute approximate surface area is 132 Å². The number of hydrogen-bond acceptors (Lipinski definition) is 3. The highest BCUT2D eigenvalue weighted by Gasteiger charge is 2.08. The fourth-order valence-corrected chi connectivity index (χ4v) is 2.47. The molecule has 0 spiro atoms. The summed E-state index contributed by atoms with van der Waals surface area (Å²) >= 11 is 0. The van der Waals surface area contributed by atoms with Crippen LogP contribution in [0.3, 0.4) is 0 Å². The maximum Gasteiger partial charge on any atom is 0.193 e. The number of rotatable bonds is 6. The smallest absolute Gasteiger partial charge is 0.193 e. The second-order valence-corrected chi connectivity index (χ2v) is 5.55. The standard InChI is InChI=1S/C16H27N5O/c1-4-17-16(18-8-5-14-6-9-22-10-7-14)20(2)12-15-11-19-21(3)13-15/h6,11,13H,4-5,7-10,12H2,1-3H3,(H,17,18). The van der Waals surface area contributed by atoms with Crippen molar-refractivity contribution in [1.29, 1.82) is 0 Å². The maximum atomic E-state index is 5.33. The van der Waals surface area contributed by atoms with E-state index in [2.05, 4.69) is 35.4 Å². The van der Waals surface area contributed by atoms with Crippen LogP contribution in [0, 0.1) is 0 Å². The SMILES string of the molecule is CCNC(=NCCC1=CCOCC1)N(C)Cc1cnn(C)c1. The molecule has 6 heteroatoms. The van der Waals surface area contributed by atoms with Crippen LogP contribution in [0.5, 0.6) is 0 Å². The second-order valence-electron chi connectivity index (χ2n) is 5.55. The number of aromatic nitrogens is 2. The van der Waals surface area contributed by atoms with Gasteiger partial charge in [-0.15, -0.1) is 0 Å². The molecule has 6 nitrogen and oxygen atoms in total. The van der Waals surface area contributed by atoms with Crippen molar-refractivity contribution in [2.45, 2.75) is 26.3 Å². The van der Waals surface area contributed by atoms with Gasteiger partial charge in [0.05, 0.1) is 19.4 Å². The summed E-state index contributed by atoms with van der Waals surface area (Å²) in [5.74, 6) is 0.944. The molecule has 122 valence electrons. The molecule has 0 bridgehead atoms. The Morgan fingerprint density at radius 3 is 3.05 bits per heavy atom. The Balaban J connectivity index is 1.89. The molecule has 0 unspecified atom stereocenters. The summed E-state index contributed by atoms with van der Waals surface area (Å²) in [5, 5.41) is 7.56.